The number of anilines is 1. The summed E-state index contributed by atoms with van der Waals surface area (Å²) in [6, 6.07) is 17.9. The van der Waals surface area contributed by atoms with E-state index < -0.39 is 0 Å². The summed E-state index contributed by atoms with van der Waals surface area (Å²) in [5.41, 5.74) is 3.15. The molecule has 0 saturated carbocycles. The third-order valence-corrected chi connectivity index (χ3v) is 4.85. The number of benzene rings is 2. The number of amides is 2. The largest absolute Gasteiger partial charge is 0.355 e. The molecule has 1 aliphatic heterocycles. The van der Waals surface area contributed by atoms with Crippen molar-refractivity contribution in [3.63, 3.8) is 0 Å². The highest BCUT2D eigenvalue weighted by atomic mass is 16.2. The molecule has 1 fully saturated rings. The van der Waals surface area contributed by atoms with Crippen LogP contribution >= 0.6 is 0 Å². The fourth-order valence-corrected chi connectivity index (χ4v) is 3.28. The summed E-state index contributed by atoms with van der Waals surface area (Å²) in [5.74, 6) is -0.0532. The van der Waals surface area contributed by atoms with E-state index in [4.69, 9.17) is 0 Å². The molecule has 0 aromatic heterocycles. The molecule has 0 bridgehead atoms. The molecule has 25 heavy (non-hydrogen) atoms. The molecular formula is C21H24N2O2. The van der Waals surface area contributed by atoms with Crippen molar-refractivity contribution in [1.29, 1.82) is 0 Å². The first kappa shape index (κ1) is 17.2. The minimum atomic E-state index is -0.282. The van der Waals surface area contributed by atoms with E-state index in [1.165, 1.54) is 5.56 Å². The highest BCUT2D eigenvalue weighted by molar-refractivity contribution is 6.00. The third kappa shape index (κ3) is 3.90. The molecule has 2 aromatic carbocycles. The predicted octanol–water partition coefficient (Wildman–Crippen LogP) is 3.27. The molecule has 2 aromatic rings. The molecule has 4 nitrogen and oxygen atoms in total. The molecule has 4 heteroatoms. The van der Waals surface area contributed by atoms with Crippen molar-refractivity contribution in [3.8, 4) is 0 Å². The summed E-state index contributed by atoms with van der Waals surface area (Å²) < 4.78 is 0. The Morgan fingerprint density at radius 3 is 2.56 bits per heavy atom. The lowest BCUT2D eigenvalue weighted by Gasteiger charge is -2.19. The van der Waals surface area contributed by atoms with Gasteiger partial charge in [0.25, 0.3) is 0 Å². The van der Waals surface area contributed by atoms with Crippen molar-refractivity contribution in [2.75, 3.05) is 18.0 Å². The van der Waals surface area contributed by atoms with E-state index in [-0.39, 0.29) is 30.1 Å². The van der Waals surface area contributed by atoms with Crippen LogP contribution in [0.15, 0.2) is 54.6 Å². The van der Waals surface area contributed by atoms with Gasteiger partial charge in [0.05, 0.1) is 5.92 Å². The second-order valence-corrected chi connectivity index (χ2v) is 6.75. The molecule has 2 atom stereocenters. The Balaban J connectivity index is 1.59. The van der Waals surface area contributed by atoms with Gasteiger partial charge < -0.3 is 10.2 Å². The van der Waals surface area contributed by atoms with E-state index in [1.807, 2.05) is 49.4 Å². The number of carbonyl (C=O) groups is 2. The zero-order valence-electron chi connectivity index (χ0n) is 14.7. The van der Waals surface area contributed by atoms with Gasteiger partial charge >= 0.3 is 0 Å². The number of rotatable bonds is 5. The van der Waals surface area contributed by atoms with Crippen molar-refractivity contribution in [3.05, 3.63) is 65.7 Å². The van der Waals surface area contributed by atoms with E-state index in [2.05, 4.69) is 24.4 Å². The smallest absolute Gasteiger partial charge is 0.227 e. The number of nitrogens with one attached hydrogen (secondary N) is 1. The van der Waals surface area contributed by atoms with Crippen molar-refractivity contribution in [2.24, 2.45) is 5.92 Å². The molecule has 0 aliphatic carbocycles. The lowest BCUT2D eigenvalue weighted by molar-refractivity contribution is -0.126. The van der Waals surface area contributed by atoms with Gasteiger partial charge in [-0.1, -0.05) is 55.5 Å². The van der Waals surface area contributed by atoms with Crippen LogP contribution in [0.3, 0.4) is 0 Å². The van der Waals surface area contributed by atoms with Gasteiger partial charge in [0.1, 0.15) is 0 Å². The molecule has 130 valence electrons. The first-order chi connectivity index (χ1) is 12.1. The molecular weight excluding hydrogens is 312 g/mol. The van der Waals surface area contributed by atoms with Crippen molar-refractivity contribution >= 4 is 17.5 Å². The van der Waals surface area contributed by atoms with Crippen molar-refractivity contribution in [2.45, 2.75) is 26.2 Å². The van der Waals surface area contributed by atoms with Gasteiger partial charge in [-0.05, 0) is 30.0 Å². The third-order valence-electron chi connectivity index (χ3n) is 4.85. The minimum Gasteiger partial charge on any atom is -0.355 e. The van der Waals surface area contributed by atoms with Crippen LogP contribution in [0.4, 0.5) is 5.69 Å². The van der Waals surface area contributed by atoms with Crippen molar-refractivity contribution < 1.29 is 9.59 Å². The highest BCUT2D eigenvalue weighted by Gasteiger charge is 2.35. The van der Waals surface area contributed by atoms with E-state index in [9.17, 15) is 9.59 Å². The maximum absolute atomic E-state index is 12.5. The molecule has 1 heterocycles. The number of para-hydroxylation sites is 1. The predicted molar refractivity (Wildman–Crippen MR) is 99.5 cm³/mol. The topological polar surface area (TPSA) is 49.4 Å². The number of hydrogen-bond donors (Lipinski definition) is 1. The van der Waals surface area contributed by atoms with Gasteiger partial charge in [-0.25, -0.2) is 0 Å². The summed E-state index contributed by atoms with van der Waals surface area (Å²) in [5, 5.41) is 3.01. The van der Waals surface area contributed by atoms with Crippen LogP contribution < -0.4 is 10.2 Å². The molecule has 2 amide bonds. The van der Waals surface area contributed by atoms with Gasteiger partial charge in [0.2, 0.25) is 11.8 Å². The Kier molecular flexibility index (Phi) is 5.17. The molecule has 1 aliphatic rings. The number of nitrogens with zero attached hydrogens (tertiary/aromatic N) is 1. The first-order valence-electron chi connectivity index (χ1n) is 8.75. The monoisotopic (exact) mass is 336 g/mol. The van der Waals surface area contributed by atoms with E-state index >= 15 is 0 Å². The Morgan fingerprint density at radius 2 is 1.84 bits per heavy atom. The number of carbonyl (C=O) groups excluding carboxylic acids is 2. The molecule has 0 unspecified atom stereocenters. The van der Waals surface area contributed by atoms with Crippen LogP contribution in [0.5, 0.6) is 0 Å². The van der Waals surface area contributed by atoms with Crippen LogP contribution in [0.2, 0.25) is 0 Å². The first-order valence-corrected chi connectivity index (χ1v) is 8.75. The quantitative estimate of drug-likeness (QED) is 0.911. The summed E-state index contributed by atoms with van der Waals surface area (Å²) in [4.78, 5) is 26.6. The molecule has 3 rings (SSSR count). The molecule has 1 N–H and O–H groups in total. The summed E-state index contributed by atoms with van der Waals surface area (Å²) in [6.07, 6.45) is 0.278. The number of aryl methyl sites for hydroxylation is 1. The molecule has 0 spiro atoms. The fourth-order valence-electron chi connectivity index (χ4n) is 3.28. The van der Waals surface area contributed by atoms with Crippen LogP contribution in [0, 0.1) is 12.8 Å². The zero-order valence-corrected chi connectivity index (χ0v) is 14.7. The molecule has 1 saturated heterocycles. The summed E-state index contributed by atoms with van der Waals surface area (Å²) >= 11 is 0. The maximum atomic E-state index is 12.5. The second kappa shape index (κ2) is 7.51. The van der Waals surface area contributed by atoms with Crippen LogP contribution in [0.1, 0.15) is 30.4 Å². The van der Waals surface area contributed by atoms with Gasteiger partial charge in [0.15, 0.2) is 0 Å². The Morgan fingerprint density at radius 1 is 1.16 bits per heavy atom. The average Bonchev–Trinajstić information content (AvgIpc) is 3.02. The number of hydrogen-bond acceptors (Lipinski definition) is 2. The highest BCUT2D eigenvalue weighted by Crippen LogP contribution is 2.27. The van der Waals surface area contributed by atoms with E-state index in [0.29, 0.717) is 13.1 Å². The normalized spacial score (nSPS) is 18.2. The van der Waals surface area contributed by atoms with Crippen molar-refractivity contribution in [1.82, 2.24) is 5.32 Å². The minimum absolute atomic E-state index is 0.0190. The van der Waals surface area contributed by atoms with E-state index in [0.717, 1.165) is 11.3 Å². The van der Waals surface area contributed by atoms with Gasteiger partial charge in [-0.15, -0.1) is 0 Å². The second-order valence-electron chi connectivity index (χ2n) is 6.75. The lowest BCUT2D eigenvalue weighted by atomic mass is 10.0. The Bertz CT molecular complexity index is 758. The fraction of sp³-hybridized carbons (Fsp3) is 0.333. The van der Waals surface area contributed by atoms with Crippen LogP contribution in [-0.2, 0) is 9.59 Å². The van der Waals surface area contributed by atoms with Gasteiger partial charge in [-0.2, -0.15) is 0 Å². The van der Waals surface area contributed by atoms with Gasteiger partial charge in [0, 0.05) is 25.2 Å². The molecule has 0 radical (unpaired) electrons. The maximum Gasteiger partial charge on any atom is 0.227 e. The summed E-state index contributed by atoms with van der Waals surface area (Å²) in [7, 11) is 0. The standard InChI is InChI=1S/C21H24N2O2/c1-15-8-6-7-11-19(15)23-14-18(12-20(23)24)21(25)22-13-16(2)17-9-4-3-5-10-17/h3-11,16,18H,12-14H2,1-2H3,(H,22,25)/t16-,18-/m1/s1. The van der Waals surface area contributed by atoms with Gasteiger partial charge in [-0.3, -0.25) is 9.59 Å². The zero-order chi connectivity index (χ0) is 17.8. The van der Waals surface area contributed by atoms with Crippen LogP contribution in [0.25, 0.3) is 0 Å². The Labute approximate surface area is 148 Å². The average molecular weight is 336 g/mol. The Hall–Kier alpha value is -2.62. The lowest BCUT2D eigenvalue weighted by Crippen LogP contribution is -2.35. The van der Waals surface area contributed by atoms with E-state index in [1.54, 1.807) is 4.90 Å². The summed E-state index contributed by atoms with van der Waals surface area (Å²) in [6.45, 7) is 5.11. The van der Waals surface area contributed by atoms with Crippen LogP contribution in [-0.4, -0.2) is 24.9 Å². The SMILES string of the molecule is Cc1ccccc1N1C[C@H](C(=O)NC[C@@H](C)c2ccccc2)CC1=O.